The fraction of sp³-hybridized carbons (Fsp3) is 0.161. The monoisotopic (exact) mass is 553 g/mol. The van der Waals surface area contributed by atoms with Crippen molar-refractivity contribution in [2.75, 3.05) is 32.8 Å². The summed E-state index contributed by atoms with van der Waals surface area (Å²) in [6.45, 7) is 1.17. The van der Waals surface area contributed by atoms with Crippen LogP contribution in [0.3, 0.4) is 0 Å². The van der Waals surface area contributed by atoms with Crippen molar-refractivity contribution >= 4 is 28.3 Å². The fourth-order valence-corrected chi connectivity index (χ4v) is 3.99. The number of allylic oxidation sites excluding steroid dienone is 2. The summed E-state index contributed by atoms with van der Waals surface area (Å²) >= 11 is 0. The van der Waals surface area contributed by atoms with Gasteiger partial charge in [0.2, 0.25) is 11.6 Å². The van der Waals surface area contributed by atoms with Crippen molar-refractivity contribution in [3.63, 3.8) is 0 Å². The first-order valence-corrected chi connectivity index (χ1v) is 12.7. The molecule has 1 aliphatic rings. The van der Waals surface area contributed by atoms with Crippen LogP contribution in [0.4, 0.5) is 5.82 Å². The molecule has 1 heterocycles. The molecule has 0 spiro atoms. The summed E-state index contributed by atoms with van der Waals surface area (Å²) in [6, 6.07) is 20.0. The molecule has 4 aromatic rings. The number of aromatic nitrogens is 2. The van der Waals surface area contributed by atoms with Gasteiger partial charge in [0.25, 0.3) is 0 Å². The van der Waals surface area contributed by atoms with E-state index in [0.717, 1.165) is 11.6 Å². The third kappa shape index (κ3) is 6.68. The molecule has 0 saturated heterocycles. The van der Waals surface area contributed by atoms with Crippen LogP contribution in [-0.4, -0.2) is 49.0 Å². The van der Waals surface area contributed by atoms with Gasteiger partial charge in [0.15, 0.2) is 17.3 Å². The van der Waals surface area contributed by atoms with Gasteiger partial charge in [-0.05, 0) is 35.9 Å². The van der Waals surface area contributed by atoms with Crippen molar-refractivity contribution in [1.82, 2.24) is 9.97 Å². The molecule has 10 nitrogen and oxygen atoms in total. The minimum atomic E-state index is -0.471. The SMILES string of the molecule is COCCOc1cc2ncnc(NC3=CC(=O)C(Oc4ccc(OCc5ccccc5)cc4)=CC3=O)c2cc1OC. The lowest BCUT2D eigenvalue weighted by Crippen LogP contribution is -2.21. The van der Waals surface area contributed by atoms with Gasteiger partial charge in [-0.25, -0.2) is 9.97 Å². The quantitative estimate of drug-likeness (QED) is 0.196. The zero-order valence-electron chi connectivity index (χ0n) is 22.5. The Morgan fingerprint density at radius 2 is 1.56 bits per heavy atom. The fourth-order valence-electron chi connectivity index (χ4n) is 3.99. The zero-order valence-corrected chi connectivity index (χ0v) is 22.5. The number of rotatable bonds is 12. The molecule has 0 aliphatic heterocycles. The predicted molar refractivity (Wildman–Crippen MR) is 151 cm³/mol. The minimum absolute atomic E-state index is 0.0476. The predicted octanol–water partition coefficient (Wildman–Crippen LogP) is 4.65. The second-order valence-electron chi connectivity index (χ2n) is 8.85. The molecule has 10 heteroatoms. The average molecular weight is 554 g/mol. The molecule has 3 aromatic carbocycles. The first-order valence-electron chi connectivity index (χ1n) is 12.7. The number of methoxy groups -OCH3 is 2. The normalized spacial score (nSPS) is 12.9. The van der Waals surface area contributed by atoms with E-state index in [1.165, 1.54) is 19.5 Å². The number of hydrogen-bond acceptors (Lipinski definition) is 10. The van der Waals surface area contributed by atoms with Crippen molar-refractivity contribution in [2.45, 2.75) is 6.61 Å². The van der Waals surface area contributed by atoms with Crippen LogP contribution in [0.5, 0.6) is 23.0 Å². The Bertz CT molecular complexity index is 1620. The minimum Gasteiger partial charge on any atom is -0.493 e. The first kappa shape index (κ1) is 27.4. The molecule has 208 valence electrons. The molecule has 0 amide bonds. The molecule has 1 N–H and O–H groups in total. The lowest BCUT2D eigenvalue weighted by Gasteiger charge is -2.16. The van der Waals surface area contributed by atoms with Crippen molar-refractivity contribution in [1.29, 1.82) is 0 Å². The number of ketones is 2. The van der Waals surface area contributed by atoms with Gasteiger partial charge >= 0.3 is 0 Å². The first-order chi connectivity index (χ1) is 20.0. The molecule has 5 rings (SSSR count). The number of fused-ring (bicyclic) bond motifs is 1. The number of anilines is 1. The Hall–Kier alpha value is -5.22. The highest BCUT2D eigenvalue weighted by Gasteiger charge is 2.23. The standard InChI is InChI=1S/C31H27N3O7/c1-37-12-13-39-30-16-24-23(14-29(30)38-2)31(33-19-32-24)34-25-15-27(36)28(17-26(25)35)41-22-10-8-21(9-11-22)40-18-20-6-4-3-5-7-20/h3-11,14-17,19H,12-13,18H2,1-2H3,(H,32,33,34). The van der Waals surface area contributed by atoms with Gasteiger partial charge in [-0.15, -0.1) is 0 Å². The van der Waals surface area contributed by atoms with E-state index in [0.29, 0.717) is 59.5 Å². The third-order valence-electron chi connectivity index (χ3n) is 6.06. The van der Waals surface area contributed by atoms with Crippen LogP contribution in [0.15, 0.2) is 96.7 Å². The van der Waals surface area contributed by atoms with Crippen molar-refractivity contribution in [3.05, 3.63) is 102 Å². The van der Waals surface area contributed by atoms with E-state index >= 15 is 0 Å². The van der Waals surface area contributed by atoms with Crippen molar-refractivity contribution in [3.8, 4) is 23.0 Å². The molecule has 41 heavy (non-hydrogen) atoms. The maximum atomic E-state index is 12.9. The van der Waals surface area contributed by atoms with Crippen LogP contribution in [-0.2, 0) is 20.9 Å². The number of ether oxygens (including phenoxy) is 5. The van der Waals surface area contributed by atoms with E-state index in [-0.39, 0.29) is 11.5 Å². The summed E-state index contributed by atoms with van der Waals surface area (Å²) in [4.78, 5) is 34.3. The van der Waals surface area contributed by atoms with Crippen molar-refractivity contribution < 1.29 is 33.3 Å². The molecular formula is C31H27N3O7. The van der Waals surface area contributed by atoms with Crippen LogP contribution < -0.4 is 24.3 Å². The highest BCUT2D eigenvalue weighted by Crippen LogP contribution is 2.34. The Kier molecular flexibility index (Phi) is 8.51. The zero-order chi connectivity index (χ0) is 28.6. The van der Waals surface area contributed by atoms with Crippen LogP contribution >= 0.6 is 0 Å². The van der Waals surface area contributed by atoms with Gasteiger partial charge in [0.05, 0.1) is 24.9 Å². The molecule has 1 aliphatic carbocycles. The summed E-state index contributed by atoms with van der Waals surface area (Å²) in [6.07, 6.45) is 3.68. The smallest absolute Gasteiger partial charge is 0.223 e. The summed E-state index contributed by atoms with van der Waals surface area (Å²) in [7, 11) is 3.11. The van der Waals surface area contributed by atoms with E-state index in [2.05, 4.69) is 15.3 Å². The maximum absolute atomic E-state index is 12.9. The van der Waals surface area contributed by atoms with E-state index in [1.54, 1.807) is 43.5 Å². The number of carbonyl (C=O) groups is 2. The largest absolute Gasteiger partial charge is 0.493 e. The molecule has 0 radical (unpaired) electrons. The number of carbonyl (C=O) groups excluding carboxylic acids is 2. The molecular weight excluding hydrogens is 526 g/mol. The van der Waals surface area contributed by atoms with Crippen LogP contribution in [0, 0.1) is 0 Å². The summed E-state index contributed by atoms with van der Waals surface area (Å²) in [5.74, 6) is 1.31. The Labute approximate surface area is 236 Å². The Morgan fingerprint density at radius 3 is 2.32 bits per heavy atom. The number of nitrogens with one attached hydrogen (secondary N) is 1. The summed E-state index contributed by atoms with van der Waals surface area (Å²) in [5.41, 5.74) is 1.65. The topological polar surface area (TPSA) is 118 Å². The second kappa shape index (κ2) is 12.8. The summed E-state index contributed by atoms with van der Waals surface area (Å²) in [5, 5.41) is 3.53. The van der Waals surface area contributed by atoms with Crippen molar-refractivity contribution in [2.24, 2.45) is 0 Å². The van der Waals surface area contributed by atoms with Crippen LogP contribution in [0.1, 0.15) is 5.56 Å². The van der Waals surface area contributed by atoms with Gasteiger partial charge in [0.1, 0.15) is 36.9 Å². The number of nitrogens with zero attached hydrogens (tertiary/aromatic N) is 2. The van der Waals surface area contributed by atoms with Crippen LogP contribution in [0.2, 0.25) is 0 Å². The summed E-state index contributed by atoms with van der Waals surface area (Å²) < 4.78 is 27.7. The maximum Gasteiger partial charge on any atom is 0.223 e. The highest BCUT2D eigenvalue weighted by molar-refractivity contribution is 6.20. The molecule has 0 saturated carbocycles. The Morgan fingerprint density at radius 1 is 0.780 bits per heavy atom. The van der Waals surface area contributed by atoms with E-state index in [1.807, 2.05) is 30.3 Å². The lowest BCUT2D eigenvalue weighted by molar-refractivity contribution is -0.116. The second-order valence-corrected chi connectivity index (χ2v) is 8.85. The molecule has 0 atom stereocenters. The molecule has 0 unspecified atom stereocenters. The molecule has 0 fully saturated rings. The molecule has 0 bridgehead atoms. The van der Waals surface area contributed by atoms with Crippen LogP contribution in [0.25, 0.3) is 10.9 Å². The lowest BCUT2D eigenvalue weighted by atomic mass is 10.1. The van der Waals surface area contributed by atoms with Gasteiger partial charge < -0.3 is 29.0 Å². The highest BCUT2D eigenvalue weighted by atomic mass is 16.5. The number of hydrogen-bond donors (Lipinski definition) is 1. The average Bonchev–Trinajstić information content (AvgIpc) is 2.99. The van der Waals surface area contributed by atoms with Gasteiger partial charge in [-0.1, -0.05) is 30.3 Å². The number of benzene rings is 3. The van der Waals surface area contributed by atoms with E-state index in [4.69, 9.17) is 23.7 Å². The van der Waals surface area contributed by atoms with Gasteiger partial charge in [-0.2, -0.15) is 0 Å². The van der Waals surface area contributed by atoms with Gasteiger partial charge in [-0.3, -0.25) is 9.59 Å². The Balaban J connectivity index is 1.26. The van der Waals surface area contributed by atoms with E-state index in [9.17, 15) is 9.59 Å². The van der Waals surface area contributed by atoms with E-state index < -0.39 is 11.6 Å². The molecule has 1 aromatic heterocycles. The van der Waals surface area contributed by atoms with Gasteiger partial charge in [0, 0.05) is 30.7 Å². The third-order valence-corrected chi connectivity index (χ3v) is 6.06.